The number of aryl methyl sites for hydroxylation is 1. The van der Waals surface area contributed by atoms with E-state index in [-0.39, 0.29) is 34.6 Å². The van der Waals surface area contributed by atoms with Gasteiger partial charge in [0.2, 0.25) is 5.91 Å². The molecule has 0 saturated heterocycles. The number of anilines is 2. The van der Waals surface area contributed by atoms with E-state index < -0.39 is 5.92 Å². The van der Waals surface area contributed by atoms with Gasteiger partial charge < -0.3 is 25.8 Å². The summed E-state index contributed by atoms with van der Waals surface area (Å²) in [4.78, 5) is 26.4. The van der Waals surface area contributed by atoms with Crippen LogP contribution in [0.25, 0.3) is 0 Å². The van der Waals surface area contributed by atoms with E-state index in [0.29, 0.717) is 27.6 Å². The van der Waals surface area contributed by atoms with Crippen LogP contribution in [0.2, 0.25) is 0 Å². The van der Waals surface area contributed by atoms with E-state index in [4.69, 9.17) is 4.74 Å². The van der Waals surface area contributed by atoms with Crippen molar-refractivity contribution in [1.29, 1.82) is 5.26 Å². The van der Waals surface area contributed by atoms with E-state index in [2.05, 4.69) is 22.0 Å². The van der Waals surface area contributed by atoms with Crippen molar-refractivity contribution in [2.24, 2.45) is 0 Å². The van der Waals surface area contributed by atoms with Gasteiger partial charge in [0, 0.05) is 22.6 Å². The van der Waals surface area contributed by atoms with Crippen LogP contribution >= 0.6 is 11.8 Å². The molecule has 40 heavy (non-hydrogen) atoms. The highest BCUT2D eigenvalue weighted by molar-refractivity contribution is 8.03. The van der Waals surface area contributed by atoms with Crippen molar-refractivity contribution in [2.45, 2.75) is 26.7 Å². The molecule has 0 fully saturated rings. The van der Waals surface area contributed by atoms with Crippen LogP contribution in [0.5, 0.6) is 11.5 Å². The highest BCUT2D eigenvalue weighted by Crippen LogP contribution is 2.43. The maximum atomic E-state index is 13.6. The van der Waals surface area contributed by atoms with Crippen LogP contribution in [0.4, 0.5) is 11.4 Å². The number of para-hydroxylation sites is 1. The Morgan fingerprint density at radius 1 is 1.05 bits per heavy atom. The van der Waals surface area contributed by atoms with E-state index in [0.717, 1.165) is 16.8 Å². The lowest BCUT2D eigenvalue weighted by atomic mass is 9.82. The smallest absolute Gasteiger partial charge is 0.254 e. The average molecular weight is 555 g/mol. The minimum Gasteiger partial charge on any atom is -0.504 e. The van der Waals surface area contributed by atoms with Crippen molar-refractivity contribution in [3.63, 3.8) is 0 Å². The Kier molecular flexibility index (Phi) is 8.82. The summed E-state index contributed by atoms with van der Waals surface area (Å²) in [5, 5.41) is 30.0. The number of amides is 2. The molecule has 204 valence electrons. The van der Waals surface area contributed by atoms with Crippen LogP contribution in [0.15, 0.2) is 88.6 Å². The zero-order valence-electron chi connectivity index (χ0n) is 22.7. The van der Waals surface area contributed by atoms with Gasteiger partial charge in [-0.15, -0.1) is 0 Å². The largest absolute Gasteiger partial charge is 0.504 e. The molecule has 8 nitrogen and oxygen atoms in total. The Hall–Kier alpha value is -4.68. The van der Waals surface area contributed by atoms with Crippen molar-refractivity contribution in [3.8, 4) is 17.6 Å². The number of aromatic hydroxyl groups is 1. The number of hydrogen-bond acceptors (Lipinski definition) is 7. The maximum Gasteiger partial charge on any atom is 0.254 e. The number of methoxy groups -OCH3 is 1. The van der Waals surface area contributed by atoms with E-state index in [9.17, 15) is 20.0 Å². The molecule has 1 heterocycles. The quantitative estimate of drug-likeness (QED) is 0.281. The second kappa shape index (κ2) is 12.5. The molecule has 1 aliphatic heterocycles. The molecule has 0 aromatic heterocycles. The van der Waals surface area contributed by atoms with Crippen LogP contribution in [-0.4, -0.2) is 29.8 Å². The number of nitrogens with zero attached hydrogens (tertiary/aromatic N) is 1. The normalized spacial score (nSPS) is 14.7. The zero-order chi connectivity index (χ0) is 28.8. The van der Waals surface area contributed by atoms with E-state index in [1.807, 2.05) is 50.2 Å². The van der Waals surface area contributed by atoms with Crippen molar-refractivity contribution in [2.75, 3.05) is 23.5 Å². The summed E-state index contributed by atoms with van der Waals surface area (Å²) in [5.74, 6) is -1.16. The number of allylic oxidation sites excluding steroid dienone is 2. The number of ether oxygens (including phenoxy) is 1. The van der Waals surface area contributed by atoms with Gasteiger partial charge in [0.25, 0.3) is 5.91 Å². The summed E-state index contributed by atoms with van der Waals surface area (Å²) in [7, 11) is 1.43. The standard InChI is InChI=1S/C31H30N4O4S/c1-18-9-8-12-24(19(18)2)35-27(37)17-40-31-23(16-32)29(21-13-14-25(36)26(15-21)39-4)28(20(3)33-31)30(38)34-22-10-6-5-7-11-22/h5-15,29,33,36H,17H2,1-4H3,(H,34,38)(H,35,37)/t29-/m1/s1. The molecule has 1 aliphatic rings. The summed E-state index contributed by atoms with van der Waals surface area (Å²) in [6.45, 7) is 5.69. The third-order valence-corrected chi connectivity index (χ3v) is 7.70. The summed E-state index contributed by atoms with van der Waals surface area (Å²) < 4.78 is 5.30. The number of phenolic OH excluding ortho intramolecular Hbond substituents is 1. The topological polar surface area (TPSA) is 123 Å². The number of benzene rings is 3. The Morgan fingerprint density at radius 2 is 1.80 bits per heavy atom. The molecule has 3 aromatic carbocycles. The molecule has 0 aliphatic carbocycles. The number of rotatable bonds is 8. The molecule has 0 spiro atoms. The Balaban J connectivity index is 1.67. The first-order valence-corrected chi connectivity index (χ1v) is 13.6. The molecule has 0 unspecified atom stereocenters. The van der Waals surface area contributed by atoms with E-state index in [1.54, 1.807) is 31.2 Å². The Bertz CT molecular complexity index is 1560. The van der Waals surface area contributed by atoms with Crippen molar-refractivity contribution >= 4 is 35.0 Å². The van der Waals surface area contributed by atoms with Crippen LogP contribution in [0, 0.1) is 25.2 Å². The lowest BCUT2D eigenvalue weighted by molar-refractivity contribution is -0.114. The van der Waals surface area contributed by atoms with Crippen LogP contribution in [0.3, 0.4) is 0 Å². The van der Waals surface area contributed by atoms with Crippen LogP contribution in [0.1, 0.15) is 29.5 Å². The minimum atomic E-state index is -0.769. The second-order valence-electron chi connectivity index (χ2n) is 9.29. The first kappa shape index (κ1) is 28.3. The third-order valence-electron chi connectivity index (χ3n) is 6.69. The predicted octanol–water partition coefficient (Wildman–Crippen LogP) is 5.72. The second-order valence-corrected chi connectivity index (χ2v) is 10.3. The molecule has 3 aromatic rings. The Morgan fingerprint density at radius 3 is 2.50 bits per heavy atom. The van der Waals surface area contributed by atoms with Crippen molar-refractivity contribution < 1.29 is 19.4 Å². The molecule has 1 atom stereocenters. The van der Waals surface area contributed by atoms with Gasteiger partial charge in [0.15, 0.2) is 11.5 Å². The summed E-state index contributed by atoms with van der Waals surface area (Å²) >= 11 is 1.19. The molecular weight excluding hydrogens is 524 g/mol. The summed E-state index contributed by atoms with van der Waals surface area (Å²) in [6, 6.07) is 21.8. The fourth-order valence-corrected chi connectivity index (χ4v) is 5.36. The fourth-order valence-electron chi connectivity index (χ4n) is 4.46. The molecule has 2 amide bonds. The minimum absolute atomic E-state index is 0.0470. The monoisotopic (exact) mass is 554 g/mol. The molecule has 4 rings (SSSR count). The molecule has 0 bridgehead atoms. The van der Waals surface area contributed by atoms with Gasteiger partial charge in [-0.1, -0.05) is 48.2 Å². The lowest BCUT2D eigenvalue weighted by Crippen LogP contribution is -2.31. The molecule has 4 N–H and O–H groups in total. The van der Waals surface area contributed by atoms with Gasteiger partial charge in [0.05, 0.1) is 35.5 Å². The Labute approximate surface area is 237 Å². The number of hydrogen-bond donors (Lipinski definition) is 4. The first-order valence-electron chi connectivity index (χ1n) is 12.6. The number of dihydropyridines is 1. The van der Waals surface area contributed by atoms with Crippen molar-refractivity contribution in [3.05, 3.63) is 105 Å². The number of nitriles is 1. The van der Waals surface area contributed by atoms with Crippen LogP contribution in [-0.2, 0) is 9.59 Å². The van der Waals surface area contributed by atoms with Crippen molar-refractivity contribution in [1.82, 2.24) is 5.32 Å². The number of phenols is 1. The van der Waals surface area contributed by atoms with Gasteiger partial charge in [-0.25, -0.2) is 0 Å². The predicted molar refractivity (Wildman–Crippen MR) is 158 cm³/mol. The van der Waals surface area contributed by atoms with Gasteiger partial charge in [-0.05, 0) is 67.8 Å². The van der Waals surface area contributed by atoms with Crippen LogP contribution < -0.4 is 20.7 Å². The third kappa shape index (κ3) is 6.14. The number of nitrogens with one attached hydrogen (secondary N) is 3. The lowest BCUT2D eigenvalue weighted by Gasteiger charge is -2.30. The molecule has 0 saturated carbocycles. The highest BCUT2D eigenvalue weighted by atomic mass is 32.2. The molecular formula is C31H30N4O4S. The van der Waals surface area contributed by atoms with E-state index in [1.165, 1.54) is 24.9 Å². The van der Waals surface area contributed by atoms with E-state index >= 15 is 0 Å². The van der Waals surface area contributed by atoms with Gasteiger partial charge >= 0.3 is 0 Å². The zero-order valence-corrected chi connectivity index (χ0v) is 23.5. The number of carbonyl (C=O) groups is 2. The molecule has 0 radical (unpaired) electrons. The van der Waals surface area contributed by atoms with Gasteiger partial charge in [0.1, 0.15) is 0 Å². The first-order chi connectivity index (χ1) is 19.2. The van der Waals surface area contributed by atoms with Gasteiger partial charge in [-0.3, -0.25) is 9.59 Å². The summed E-state index contributed by atoms with van der Waals surface area (Å²) in [6.07, 6.45) is 0. The maximum absolute atomic E-state index is 13.6. The highest BCUT2D eigenvalue weighted by Gasteiger charge is 2.35. The number of carbonyl (C=O) groups excluding carboxylic acids is 2. The fraction of sp³-hybridized carbons (Fsp3) is 0.194. The average Bonchev–Trinajstić information content (AvgIpc) is 2.94. The number of thioether (sulfide) groups is 1. The SMILES string of the molecule is COc1cc([C@@H]2C(C#N)=C(SCC(=O)Nc3cccc(C)c3C)NC(C)=C2C(=O)Nc2ccccc2)ccc1O. The molecule has 9 heteroatoms. The summed E-state index contributed by atoms with van der Waals surface area (Å²) in [5.41, 5.74) is 5.16. The van der Waals surface area contributed by atoms with Gasteiger partial charge in [-0.2, -0.15) is 5.26 Å².